The number of halogens is 1. The molecule has 2 aromatic rings. The molecular weight excluding hydrogens is 278 g/mol. The van der Waals surface area contributed by atoms with Gasteiger partial charge in [-0.3, -0.25) is 4.79 Å². The van der Waals surface area contributed by atoms with Crippen molar-refractivity contribution in [1.29, 1.82) is 0 Å². The molecule has 19 heavy (non-hydrogen) atoms. The minimum absolute atomic E-state index is 0.0446. The minimum atomic E-state index is -0.0660. The van der Waals surface area contributed by atoms with E-state index in [1.165, 1.54) is 4.88 Å². The molecule has 0 aliphatic carbocycles. The fraction of sp³-hybridized carbons (Fsp3) is 0.267. The first kappa shape index (κ1) is 14.1. The number of benzene rings is 1. The van der Waals surface area contributed by atoms with Gasteiger partial charge in [0.05, 0.1) is 6.04 Å². The Kier molecular flexibility index (Phi) is 4.61. The SMILES string of the molecule is CC(C)[C@H](NC(=O)c1ccc(Cl)cc1)c1cccs1. The highest BCUT2D eigenvalue weighted by atomic mass is 35.5. The number of hydrogen-bond acceptors (Lipinski definition) is 2. The summed E-state index contributed by atoms with van der Waals surface area (Å²) in [6.45, 7) is 4.21. The molecule has 1 atom stereocenters. The van der Waals surface area contributed by atoms with E-state index in [4.69, 9.17) is 11.6 Å². The van der Waals surface area contributed by atoms with Crippen molar-refractivity contribution in [2.75, 3.05) is 0 Å². The molecule has 1 N–H and O–H groups in total. The van der Waals surface area contributed by atoms with Crippen molar-refractivity contribution in [2.45, 2.75) is 19.9 Å². The van der Waals surface area contributed by atoms with Crippen LogP contribution in [-0.2, 0) is 0 Å². The Hall–Kier alpha value is -1.32. The smallest absolute Gasteiger partial charge is 0.251 e. The first-order chi connectivity index (χ1) is 9.08. The van der Waals surface area contributed by atoms with E-state index >= 15 is 0 Å². The van der Waals surface area contributed by atoms with E-state index in [0.29, 0.717) is 16.5 Å². The van der Waals surface area contributed by atoms with E-state index in [1.54, 1.807) is 35.6 Å². The van der Waals surface area contributed by atoms with Crippen LogP contribution in [0.5, 0.6) is 0 Å². The van der Waals surface area contributed by atoms with Crippen LogP contribution in [0.3, 0.4) is 0 Å². The van der Waals surface area contributed by atoms with Crippen LogP contribution in [0, 0.1) is 5.92 Å². The molecule has 0 fully saturated rings. The van der Waals surface area contributed by atoms with Crippen LogP contribution in [-0.4, -0.2) is 5.91 Å². The maximum atomic E-state index is 12.2. The van der Waals surface area contributed by atoms with Gasteiger partial charge in [-0.05, 0) is 41.6 Å². The van der Waals surface area contributed by atoms with Crippen LogP contribution in [0.2, 0.25) is 5.02 Å². The topological polar surface area (TPSA) is 29.1 Å². The molecule has 100 valence electrons. The molecule has 0 aliphatic heterocycles. The average Bonchev–Trinajstić information content (AvgIpc) is 2.89. The van der Waals surface area contributed by atoms with Gasteiger partial charge >= 0.3 is 0 Å². The highest BCUT2D eigenvalue weighted by molar-refractivity contribution is 7.10. The van der Waals surface area contributed by atoms with Crippen LogP contribution in [0.1, 0.15) is 35.1 Å². The summed E-state index contributed by atoms with van der Waals surface area (Å²) in [5.74, 6) is 0.277. The normalized spacial score (nSPS) is 12.4. The Morgan fingerprint density at radius 1 is 1.21 bits per heavy atom. The lowest BCUT2D eigenvalue weighted by atomic mass is 10.0. The third-order valence-corrected chi connectivity index (χ3v) is 4.12. The summed E-state index contributed by atoms with van der Waals surface area (Å²) in [4.78, 5) is 13.4. The zero-order valence-electron chi connectivity index (χ0n) is 10.9. The monoisotopic (exact) mass is 293 g/mol. The van der Waals surface area contributed by atoms with Crippen LogP contribution in [0.4, 0.5) is 0 Å². The first-order valence-electron chi connectivity index (χ1n) is 6.18. The molecule has 0 unspecified atom stereocenters. The molecule has 4 heteroatoms. The summed E-state index contributed by atoms with van der Waals surface area (Å²) in [6, 6.07) is 11.0. The molecule has 0 saturated carbocycles. The summed E-state index contributed by atoms with van der Waals surface area (Å²) in [7, 11) is 0. The molecule has 0 saturated heterocycles. The molecule has 2 rings (SSSR count). The Balaban J connectivity index is 2.14. The second kappa shape index (κ2) is 6.22. The van der Waals surface area contributed by atoms with Crippen LogP contribution >= 0.6 is 22.9 Å². The van der Waals surface area contributed by atoms with Gasteiger partial charge in [-0.25, -0.2) is 0 Å². The summed E-state index contributed by atoms with van der Waals surface area (Å²) < 4.78 is 0. The van der Waals surface area contributed by atoms with Crippen molar-refractivity contribution in [3.05, 3.63) is 57.2 Å². The van der Waals surface area contributed by atoms with Gasteiger partial charge in [0, 0.05) is 15.5 Å². The Morgan fingerprint density at radius 2 is 1.89 bits per heavy atom. The number of carbonyl (C=O) groups is 1. The van der Waals surface area contributed by atoms with E-state index in [2.05, 4.69) is 25.2 Å². The van der Waals surface area contributed by atoms with Crippen molar-refractivity contribution in [1.82, 2.24) is 5.32 Å². The van der Waals surface area contributed by atoms with E-state index < -0.39 is 0 Å². The third kappa shape index (κ3) is 3.58. The molecule has 0 spiro atoms. The average molecular weight is 294 g/mol. The molecule has 0 radical (unpaired) electrons. The van der Waals surface area contributed by atoms with Crippen molar-refractivity contribution in [3.8, 4) is 0 Å². The minimum Gasteiger partial charge on any atom is -0.344 e. The number of carbonyl (C=O) groups excluding carboxylic acids is 1. The molecule has 2 nitrogen and oxygen atoms in total. The lowest BCUT2D eigenvalue weighted by molar-refractivity contribution is 0.0926. The van der Waals surface area contributed by atoms with E-state index in [-0.39, 0.29) is 11.9 Å². The highest BCUT2D eigenvalue weighted by Crippen LogP contribution is 2.26. The van der Waals surface area contributed by atoms with Crippen LogP contribution < -0.4 is 5.32 Å². The Bertz CT molecular complexity index is 534. The van der Waals surface area contributed by atoms with Crippen molar-refractivity contribution < 1.29 is 4.79 Å². The Morgan fingerprint density at radius 3 is 2.42 bits per heavy atom. The lowest BCUT2D eigenvalue weighted by Crippen LogP contribution is -2.31. The molecule has 1 amide bonds. The second-order valence-corrected chi connectivity index (χ2v) is 6.13. The molecular formula is C15H16ClNOS. The number of amides is 1. The highest BCUT2D eigenvalue weighted by Gasteiger charge is 2.19. The zero-order valence-corrected chi connectivity index (χ0v) is 12.5. The fourth-order valence-corrected chi connectivity index (χ4v) is 2.94. The number of thiophene rings is 1. The van der Waals surface area contributed by atoms with E-state index in [9.17, 15) is 4.79 Å². The summed E-state index contributed by atoms with van der Waals surface area (Å²) in [5.41, 5.74) is 0.631. The summed E-state index contributed by atoms with van der Waals surface area (Å²) in [5, 5.41) is 5.74. The molecule has 0 aliphatic rings. The zero-order chi connectivity index (χ0) is 13.8. The maximum absolute atomic E-state index is 12.2. The number of rotatable bonds is 4. The molecule has 1 aromatic carbocycles. The molecule has 1 aromatic heterocycles. The summed E-state index contributed by atoms with van der Waals surface area (Å²) in [6.07, 6.45) is 0. The van der Waals surface area contributed by atoms with E-state index in [0.717, 1.165) is 0 Å². The second-order valence-electron chi connectivity index (χ2n) is 4.72. The standard InChI is InChI=1S/C15H16ClNOS/c1-10(2)14(13-4-3-9-19-13)17-15(18)11-5-7-12(16)8-6-11/h3-10,14H,1-2H3,(H,17,18)/t14-/m0/s1. The van der Waals surface area contributed by atoms with Crippen molar-refractivity contribution in [3.63, 3.8) is 0 Å². The van der Waals surface area contributed by atoms with Gasteiger partial charge in [-0.2, -0.15) is 0 Å². The summed E-state index contributed by atoms with van der Waals surface area (Å²) >= 11 is 7.49. The maximum Gasteiger partial charge on any atom is 0.251 e. The first-order valence-corrected chi connectivity index (χ1v) is 7.43. The third-order valence-electron chi connectivity index (χ3n) is 2.91. The van der Waals surface area contributed by atoms with Gasteiger partial charge in [-0.1, -0.05) is 31.5 Å². The predicted octanol–water partition coefficient (Wildman–Crippen LogP) is 4.53. The van der Waals surface area contributed by atoms with Crippen LogP contribution in [0.15, 0.2) is 41.8 Å². The van der Waals surface area contributed by atoms with Gasteiger partial charge in [-0.15, -0.1) is 11.3 Å². The van der Waals surface area contributed by atoms with Gasteiger partial charge < -0.3 is 5.32 Å². The molecule has 1 heterocycles. The van der Waals surface area contributed by atoms with Gasteiger partial charge in [0.15, 0.2) is 0 Å². The number of nitrogens with one attached hydrogen (secondary N) is 1. The largest absolute Gasteiger partial charge is 0.344 e. The quantitative estimate of drug-likeness (QED) is 0.882. The Labute approximate surface area is 122 Å². The van der Waals surface area contributed by atoms with Crippen LogP contribution in [0.25, 0.3) is 0 Å². The predicted molar refractivity (Wildman–Crippen MR) is 80.8 cm³/mol. The van der Waals surface area contributed by atoms with Gasteiger partial charge in [0.25, 0.3) is 5.91 Å². The van der Waals surface area contributed by atoms with Gasteiger partial charge in [0.2, 0.25) is 0 Å². The molecule has 0 bridgehead atoms. The van der Waals surface area contributed by atoms with Crippen molar-refractivity contribution in [2.24, 2.45) is 5.92 Å². The number of hydrogen-bond donors (Lipinski definition) is 1. The lowest BCUT2D eigenvalue weighted by Gasteiger charge is -2.21. The van der Waals surface area contributed by atoms with Crippen molar-refractivity contribution >= 4 is 28.8 Å². The van der Waals surface area contributed by atoms with Gasteiger partial charge in [0.1, 0.15) is 0 Å². The fourth-order valence-electron chi connectivity index (χ4n) is 1.86. The van der Waals surface area contributed by atoms with E-state index in [1.807, 2.05) is 11.4 Å².